The molecule has 0 spiro atoms. The predicted molar refractivity (Wildman–Crippen MR) is 128 cm³/mol. The van der Waals surface area contributed by atoms with Crippen molar-refractivity contribution in [3.05, 3.63) is 82.9 Å². The zero-order valence-electron chi connectivity index (χ0n) is 18.8. The largest absolute Gasteiger partial charge is 0.348 e. The first-order chi connectivity index (χ1) is 15.2. The van der Waals surface area contributed by atoms with Crippen LogP contribution in [0.4, 0.5) is 5.69 Å². The van der Waals surface area contributed by atoms with Crippen LogP contribution in [0.15, 0.2) is 65.6 Å². The van der Waals surface area contributed by atoms with Gasteiger partial charge in [0.15, 0.2) is 0 Å². The summed E-state index contributed by atoms with van der Waals surface area (Å²) < 4.78 is 28.1. The first-order valence-corrected chi connectivity index (χ1v) is 12.3. The lowest BCUT2D eigenvalue weighted by molar-refractivity contribution is -0.120. The molecule has 0 bridgehead atoms. The monoisotopic (exact) mass is 448 g/mol. The number of aryl methyl sites for hydroxylation is 3. The molecule has 0 aromatic heterocycles. The highest BCUT2D eigenvalue weighted by Gasteiger charge is 2.36. The minimum absolute atomic E-state index is 0.232. The average molecular weight is 449 g/mol. The first-order valence-electron chi connectivity index (χ1n) is 10.8. The summed E-state index contributed by atoms with van der Waals surface area (Å²) in [4.78, 5) is 13.2. The van der Waals surface area contributed by atoms with E-state index in [2.05, 4.69) is 18.3 Å². The third-order valence-electron chi connectivity index (χ3n) is 6.05. The minimum Gasteiger partial charge on any atom is -0.348 e. The van der Waals surface area contributed by atoms with E-state index in [1.807, 2.05) is 63.2 Å². The highest BCUT2D eigenvalue weighted by atomic mass is 32.2. The first kappa shape index (κ1) is 22.1. The molecule has 0 fully saturated rings. The number of rotatable bonds is 5. The van der Waals surface area contributed by atoms with Crippen LogP contribution in [0.5, 0.6) is 0 Å². The van der Waals surface area contributed by atoms with Gasteiger partial charge in [-0.25, -0.2) is 8.42 Å². The molecule has 1 aliphatic rings. The second kappa shape index (κ2) is 8.43. The van der Waals surface area contributed by atoms with Crippen molar-refractivity contribution in [2.75, 3.05) is 10.8 Å². The molecule has 0 saturated carbocycles. The zero-order valence-corrected chi connectivity index (χ0v) is 19.7. The number of anilines is 1. The predicted octanol–water partition coefficient (Wildman–Crippen LogP) is 4.92. The molecule has 4 rings (SSSR count). The van der Waals surface area contributed by atoms with Crippen molar-refractivity contribution in [3.63, 3.8) is 0 Å². The maximum Gasteiger partial charge on any atom is 0.265 e. The molecule has 0 radical (unpaired) electrons. The summed E-state index contributed by atoms with van der Waals surface area (Å²) in [6.07, 6.45) is 0.843. The second-order valence-corrected chi connectivity index (χ2v) is 10.2. The minimum atomic E-state index is -3.85. The van der Waals surface area contributed by atoms with E-state index < -0.39 is 10.0 Å². The number of nitrogens with one attached hydrogen (secondary N) is 1. The SMILES string of the molecule is CCc1ccc2c(c1)-c1ccccc1S(=O)(=O)N2CC(=O)N[C@H](C)c1cc(C)ccc1C. The van der Waals surface area contributed by atoms with Gasteiger partial charge in [0, 0.05) is 11.1 Å². The van der Waals surface area contributed by atoms with Crippen LogP contribution < -0.4 is 9.62 Å². The van der Waals surface area contributed by atoms with Crippen molar-refractivity contribution in [2.45, 2.75) is 45.1 Å². The number of hydrogen-bond donors (Lipinski definition) is 1. The van der Waals surface area contributed by atoms with E-state index in [4.69, 9.17) is 0 Å². The number of amides is 1. The number of nitrogens with zero attached hydrogens (tertiary/aromatic N) is 1. The maximum absolute atomic E-state index is 13.5. The summed E-state index contributed by atoms with van der Waals surface area (Å²) >= 11 is 0. The quantitative estimate of drug-likeness (QED) is 0.603. The van der Waals surface area contributed by atoms with Gasteiger partial charge < -0.3 is 5.32 Å². The van der Waals surface area contributed by atoms with E-state index >= 15 is 0 Å². The summed E-state index contributed by atoms with van der Waals surface area (Å²) in [5, 5.41) is 2.98. The van der Waals surface area contributed by atoms with Crippen molar-refractivity contribution in [1.29, 1.82) is 0 Å². The molecule has 32 heavy (non-hydrogen) atoms. The number of sulfonamides is 1. The van der Waals surface area contributed by atoms with Gasteiger partial charge in [0.05, 0.1) is 16.6 Å². The standard InChI is InChI=1S/C26H28N2O3S/c1-5-20-12-13-24-23(15-20)21-8-6-7-9-25(21)32(30,31)28(24)16-26(29)27-19(4)22-14-17(2)10-11-18(22)3/h6-15,19H,5,16H2,1-4H3,(H,27,29)/t19-/m1/s1. The Bertz CT molecular complexity index is 1300. The fourth-order valence-electron chi connectivity index (χ4n) is 4.29. The van der Waals surface area contributed by atoms with Gasteiger partial charge in [-0.15, -0.1) is 0 Å². The van der Waals surface area contributed by atoms with Crippen LogP contribution in [0.3, 0.4) is 0 Å². The molecule has 0 saturated heterocycles. The summed E-state index contributed by atoms with van der Waals surface area (Å²) in [5.41, 5.74) is 6.39. The smallest absolute Gasteiger partial charge is 0.265 e. The third kappa shape index (κ3) is 3.91. The van der Waals surface area contributed by atoms with Gasteiger partial charge in [-0.05, 0) is 62.1 Å². The zero-order chi connectivity index (χ0) is 23.0. The second-order valence-electron chi connectivity index (χ2n) is 8.36. The van der Waals surface area contributed by atoms with Crippen LogP contribution >= 0.6 is 0 Å². The van der Waals surface area contributed by atoms with E-state index in [0.717, 1.165) is 34.2 Å². The normalized spacial score (nSPS) is 14.9. The molecule has 1 aliphatic heterocycles. The van der Waals surface area contributed by atoms with Crippen LogP contribution in [-0.2, 0) is 21.2 Å². The Balaban J connectivity index is 1.68. The Morgan fingerprint density at radius 1 is 1.00 bits per heavy atom. The molecule has 1 amide bonds. The molecule has 1 N–H and O–H groups in total. The van der Waals surface area contributed by atoms with Crippen LogP contribution in [-0.4, -0.2) is 20.9 Å². The van der Waals surface area contributed by atoms with E-state index in [0.29, 0.717) is 11.3 Å². The van der Waals surface area contributed by atoms with Crippen molar-refractivity contribution in [1.82, 2.24) is 5.32 Å². The number of carbonyl (C=O) groups excluding carboxylic acids is 1. The van der Waals surface area contributed by atoms with Crippen molar-refractivity contribution >= 4 is 21.6 Å². The molecular weight excluding hydrogens is 420 g/mol. The molecule has 0 aliphatic carbocycles. The molecule has 5 nitrogen and oxygen atoms in total. The topological polar surface area (TPSA) is 66.5 Å². The van der Waals surface area contributed by atoms with Crippen LogP contribution in [0.25, 0.3) is 11.1 Å². The van der Waals surface area contributed by atoms with E-state index in [1.165, 1.54) is 4.31 Å². The van der Waals surface area contributed by atoms with Gasteiger partial charge in [0.25, 0.3) is 10.0 Å². The van der Waals surface area contributed by atoms with Gasteiger partial charge in [-0.3, -0.25) is 9.10 Å². The fraction of sp³-hybridized carbons (Fsp3) is 0.269. The Labute approximate surface area is 190 Å². The average Bonchev–Trinajstić information content (AvgIpc) is 2.78. The molecule has 6 heteroatoms. The third-order valence-corrected chi connectivity index (χ3v) is 7.87. The maximum atomic E-state index is 13.5. The molecule has 3 aromatic rings. The van der Waals surface area contributed by atoms with Crippen molar-refractivity contribution in [3.8, 4) is 11.1 Å². The van der Waals surface area contributed by atoms with Crippen LogP contribution in [0.2, 0.25) is 0 Å². The Kier molecular flexibility index (Phi) is 5.82. The number of hydrogen-bond acceptors (Lipinski definition) is 3. The fourth-order valence-corrected chi connectivity index (χ4v) is 5.94. The summed E-state index contributed by atoms with van der Waals surface area (Å²) in [6, 6.07) is 18.6. The lowest BCUT2D eigenvalue weighted by atomic mass is 9.99. The van der Waals surface area contributed by atoms with Gasteiger partial charge in [-0.1, -0.05) is 55.0 Å². The highest BCUT2D eigenvalue weighted by Crippen LogP contribution is 2.43. The molecule has 1 heterocycles. The van der Waals surface area contributed by atoms with Crippen LogP contribution in [0, 0.1) is 13.8 Å². The highest BCUT2D eigenvalue weighted by molar-refractivity contribution is 7.93. The summed E-state index contributed by atoms with van der Waals surface area (Å²) in [6.45, 7) is 7.72. The van der Waals surface area contributed by atoms with Gasteiger partial charge >= 0.3 is 0 Å². The Morgan fingerprint density at radius 2 is 1.75 bits per heavy atom. The number of fused-ring (bicyclic) bond motifs is 3. The van der Waals surface area contributed by atoms with Crippen molar-refractivity contribution < 1.29 is 13.2 Å². The summed E-state index contributed by atoms with van der Waals surface area (Å²) in [5.74, 6) is -0.341. The van der Waals surface area contributed by atoms with Gasteiger partial charge in [0.2, 0.25) is 5.91 Å². The molecule has 1 atom stereocenters. The Hall–Kier alpha value is -3.12. The number of carbonyl (C=O) groups is 1. The molecule has 0 unspecified atom stereocenters. The van der Waals surface area contributed by atoms with Crippen LogP contribution in [0.1, 0.15) is 42.1 Å². The van der Waals surface area contributed by atoms with E-state index in [-0.39, 0.29) is 23.4 Å². The van der Waals surface area contributed by atoms with Crippen molar-refractivity contribution in [2.24, 2.45) is 0 Å². The molecular formula is C26H28N2O3S. The summed E-state index contributed by atoms with van der Waals surface area (Å²) in [7, 11) is -3.85. The lowest BCUT2D eigenvalue weighted by Crippen LogP contribution is -2.43. The molecule has 3 aromatic carbocycles. The van der Waals surface area contributed by atoms with E-state index in [9.17, 15) is 13.2 Å². The number of benzene rings is 3. The Morgan fingerprint density at radius 3 is 2.50 bits per heavy atom. The van der Waals surface area contributed by atoms with E-state index in [1.54, 1.807) is 12.1 Å². The molecule has 166 valence electrons. The lowest BCUT2D eigenvalue weighted by Gasteiger charge is -2.32. The van der Waals surface area contributed by atoms with Gasteiger partial charge in [-0.2, -0.15) is 0 Å². The van der Waals surface area contributed by atoms with Gasteiger partial charge in [0.1, 0.15) is 6.54 Å².